The average molecular weight is 383 g/mol. The lowest BCUT2D eigenvalue weighted by molar-refractivity contribution is 0.266. The molecular formula is C22H30N4S. The molecule has 0 spiro atoms. The van der Waals surface area contributed by atoms with E-state index in [2.05, 4.69) is 59.3 Å². The van der Waals surface area contributed by atoms with Gasteiger partial charge in [0.15, 0.2) is 5.17 Å². The zero-order valence-electron chi connectivity index (χ0n) is 16.3. The Morgan fingerprint density at radius 2 is 1.67 bits per heavy atom. The molecule has 0 aliphatic rings. The van der Waals surface area contributed by atoms with E-state index in [0.717, 1.165) is 43.8 Å². The fourth-order valence-electron chi connectivity index (χ4n) is 2.86. The number of rotatable bonds is 10. The normalized spacial score (nSPS) is 12.2. The molecule has 4 nitrogen and oxygen atoms in total. The molecule has 0 unspecified atom stereocenters. The van der Waals surface area contributed by atoms with Crippen LogP contribution in [0.25, 0.3) is 0 Å². The van der Waals surface area contributed by atoms with Crippen molar-refractivity contribution in [3.8, 4) is 0 Å². The van der Waals surface area contributed by atoms with E-state index in [9.17, 15) is 0 Å². The first-order valence-electron chi connectivity index (χ1n) is 9.56. The second kappa shape index (κ2) is 12.3. The molecule has 144 valence electrons. The van der Waals surface area contributed by atoms with E-state index < -0.39 is 0 Å². The molecule has 2 aromatic rings. The van der Waals surface area contributed by atoms with Crippen LogP contribution < -0.4 is 5.73 Å². The molecule has 2 N–H and O–H groups in total. The molecule has 2 rings (SSSR count). The van der Waals surface area contributed by atoms with Crippen molar-refractivity contribution in [2.24, 2.45) is 15.9 Å². The summed E-state index contributed by atoms with van der Waals surface area (Å²) in [7, 11) is 0. The largest absolute Gasteiger partial charge is 0.377 e. The van der Waals surface area contributed by atoms with Crippen LogP contribution in [0.4, 0.5) is 0 Å². The third-order valence-corrected chi connectivity index (χ3v) is 4.97. The van der Waals surface area contributed by atoms with Crippen LogP contribution in [0.2, 0.25) is 0 Å². The number of thioether (sulfide) groups is 1. The number of nitrogens with two attached hydrogens (primary N) is 1. The lowest BCUT2D eigenvalue weighted by atomic mass is 10.1. The minimum atomic E-state index is 0.478. The van der Waals surface area contributed by atoms with E-state index in [1.54, 1.807) is 6.21 Å². The van der Waals surface area contributed by atoms with Gasteiger partial charge in [-0.3, -0.25) is 4.90 Å². The highest BCUT2D eigenvalue weighted by atomic mass is 32.2. The van der Waals surface area contributed by atoms with Gasteiger partial charge in [-0.15, -0.1) is 5.10 Å². The molecule has 0 aliphatic carbocycles. The first-order chi connectivity index (χ1) is 13.2. The van der Waals surface area contributed by atoms with Gasteiger partial charge in [-0.1, -0.05) is 80.2 Å². The van der Waals surface area contributed by atoms with E-state index >= 15 is 0 Å². The highest BCUT2D eigenvalue weighted by molar-refractivity contribution is 8.13. The second-order valence-corrected chi connectivity index (χ2v) is 7.43. The third-order valence-electron chi connectivity index (χ3n) is 4.11. The molecule has 0 radical (unpaired) electrons. The van der Waals surface area contributed by atoms with E-state index in [0.29, 0.717) is 5.17 Å². The Morgan fingerprint density at radius 3 is 2.37 bits per heavy atom. The maximum atomic E-state index is 5.97. The van der Waals surface area contributed by atoms with Gasteiger partial charge in [0.1, 0.15) is 0 Å². The predicted molar refractivity (Wildman–Crippen MR) is 119 cm³/mol. The van der Waals surface area contributed by atoms with Gasteiger partial charge in [0.2, 0.25) is 0 Å². The standard InChI is InChI=1S/C22H30N4S/c1-3-14-26(15-4-2)17-21-13-9-8-12-20(21)16-24-25-22(23)27-18-19-10-6-5-7-11-19/h5-13,16H,3-4,14-15,17-18H2,1-2H3,(H2,23,25). The average Bonchev–Trinajstić information content (AvgIpc) is 2.69. The van der Waals surface area contributed by atoms with Crippen molar-refractivity contribution in [3.05, 3.63) is 71.3 Å². The summed E-state index contributed by atoms with van der Waals surface area (Å²) in [4.78, 5) is 2.49. The lowest BCUT2D eigenvalue weighted by Crippen LogP contribution is -2.25. The monoisotopic (exact) mass is 382 g/mol. The van der Waals surface area contributed by atoms with Gasteiger partial charge < -0.3 is 5.73 Å². The summed E-state index contributed by atoms with van der Waals surface area (Å²) in [6.07, 6.45) is 4.13. The summed E-state index contributed by atoms with van der Waals surface area (Å²) in [6, 6.07) is 18.6. The van der Waals surface area contributed by atoms with Crippen molar-refractivity contribution in [3.63, 3.8) is 0 Å². The fourth-order valence-corrected chi connectivity index (χ4v) is 3.47. The quantitative estimate of drug-likeness (QED) is 0.361. The van der Waals surface area contributed by atoms with Crippen molar-refractivity contribution >= 4 is 23.1 Å². The first kappa shape index (κ1) is 21.2. The second-order valence-electron chi connectivity index (χ2n) is 6.43. The molecule has 0 fully saturated rings. The van der Waals surface area contributed by atoms with E-state index in [1.807, 2.05) is 24.3 Å². The number of amidine groups is 1. The van der Waals surface area contributed by atoms with Crippen LogP contribution in [0.5, 0.6) is 0 Å². The topological polar surface area (TPSA) is 54.0 Å². The van der Waals surface area contributed by atoms with Gasteiger partial charge >= 0.3 is 0 Å². The van der Waals surface area contributed by atoms with E-state index in [4.69, 9.17) is 5.73 Å². The summed E-state index contributed by atoms with van der Waals surface area (Å²) in [5.74, 6) is 0.797. The van der Waals surface area contributed by atoms with Crippen LogP contribution in [-0.2, 0) is 12.3 Å². The van der Waals surface area contributed by atoms with Crippen LogP contribution in [0, 0.1) is 0 Å². The van der Waals surface area contributed by atoms with Gasteiger partial charge in [-0.2, -0.15) is 5.10 Å². The van der Waals surface area contributed by atoms with E-state index in [1.165, 1.54) is 22.9 Å². The maximum absolute atomic E-state index is 5.97. The van der Waals surface area contributed by atoms with Crippen LogP contribution >= 0.6 is 11.8 Å². The van der Waals surface area contributed by atoms with Crippen LogP contribution in [0.3, 0.4) is 0 Å². The fraction of sp³-hybridized carbons (Fsp3) is 0.364. The molecule has 0 heterocycles. The zero-order chi connectivity index (χ0) is 19.3. The molecule has 0 atom stereocenters. The number of hydrogen-bond acceptors (Lipinski definition) is 4. The maximum Gasteiger partial charge on any atom is 0.180 e. The molecule has 0 bridgehead atoms. The van der Waals surface area contributed by atoms with E-state index in [-0.39, 0.29) is 0 Å². The summed E-state index contributed by atoms with van der Waals surface area (Å²) >= 11 is 1.50. The molecule has 5 heteroatoms. The summed E-state index contributed by atoms with van der Waals surface area (Å²) in [5, 5.41) is 8.83. The number of benzene rings is 2. The van der Waals surface area contributed by atoms with Gasteiger partial charge in [-0.25, -0.2) is 0 Å². The Kier molecular flexibility index (Phi) is 9.66. The third kappa shape index (κ3) is 7.97. The zero-order valence-corrected chi connectivity index (χ0v) is 17.2. The van der Waals surface area contributed by atoms with Crippen molar-refractivity contribution in [2.45, 2.75) is 39.0 Å². The van der Waals surface area contributed by atoms with Gasteiger partial charge in [0.05, 0.1) is 6.21 Å². The van der Waals surface area contributed by atoms with Gasteiger partial charge in [-0.05, 0) is 42.6 Å². The van der Waals surface area contributed by atoms with Crippen LogP contribution in [0.15, 0.2) is 64.8 Å². The molecule has 0 aromatic heterocycles. The van der Waals surface area contributed by atoms with Gasteiger partial charge in [0, 0.05) is 12.3 Å². The first-order valence-corrected chi connectivity index (χ1v) is 10.5. The number of hydrogen-bond donors (Lipinski definition) is 1. The molecule has 2 aromatic carbocycles. The molecule has 0 amide bonds. The van der Waals surface area contributed by atoms with Crippen molar-refractivity contribution in [1.29, 1.82) is 0 Å². The van der Waals surface area contributed by atoms with Crippen LogP contribution in [0.1, 0.15) is 43.4 Å². The SMILES string of the molecule is CCCN(CCC)Cc1ccccc1C=NN=C(N)SCc1ccccc1. The summed E-state index contributed by atoms with van der Waals surface area (Å²) < 4.78 is 0. The van der Waals surface area contributed by atoms with Crippen molar-refractivity contribution in [2.75, 3.05) is 13.1 Å². The predicted octanol–water partition coefficient (Wildman–Crippen LogP) is 4.89. The molecule has 27 heavy (non-hydrogen) atoms. The Labute approximate surface area is 167 Å². The Bertz CT molecular complexity index is 722. The lowest BCUT2D eigenvalue weighted by Gasteiger charge is -2.21. The highest BCUT2D eigenvalue weighted by Crippen LogP contribution is 2.13. The van der Waals surface area contributed by atoms with Crippen molar-refractivity contribution in [1.82, 2.24) is 4.90 Å². The molecule has 0 saturated heterocycles. The molecule has 0 aliphatic heterocycles. The minimum absolute atomic E-state index is 0.478. The van der Waals surface area contributed by atoms with Crippen molar-refractivity contribution < 1.29 is 0 Å². The molecular weight excluding hydrogens is 352 g/mol. The highest BCUT2D eigenvalue weighted by Gasteiger charge is 2.06. The summed E-state index contributed by atoms with van der Waals surface area (Å²) in [6.45, 7) is 7.61. The van der Waals surface area contributed by atoms with Gasteiger partial charge in [0.25, 0.3) is 0 Å². The summed E-state index contributed by atoms with van der Waals surface area (Å²) in [5.41, 5.74) is 9.57. The Morgan fingerprint density at radius 1 is 1.00 bits per heavy atom. The van der Waals surface area contributed by atoms with Crippen LogP contribution in [-0.4, -0.2) is 29.4 Å². The Balaban J connectivity index is 1.97. The Hall–Kier alpha value is -2.11. The smallest absolute Gasteiger partial charge is 0.180 e. The minimum Gasteiger partial charge on any atom is -0.377 e. The molecule has 0 saturated carbocycles. The number of nitrogens with zero attached hydrogens (tertiary/aromatic N) is 3.